The quantitative estimate of drug-likeness (QED) is 0.220. The van der Waals surface area contributed by atoms with Crippen LogP contribution in [0.15, 0.2) is 36.5 Å². The number of likely N-dealkylation sites (tertiary alicyclic amines) is 1. The third-order valence-electron chi connectivity index (χ3n) is 7.53. The van der Waals surface area contributed by atoms with E-state index in [-0.39, 0.29) is 11.8 Å². The van der Waals surface area contributed by atoms with Gasteiger partial charge in [0, 0.05) is 55.7 Å². The molecular weight excluding hydrogens is 480 g/mol. The molecule has 38 heavy (non-hydrogen) atoms. The third-order valence-corrected chi connectivity index (χ3v) is 7.53. The van der Waals surface area contributed by atoms with Crippen LogP contribution in [0.25, 0.3) is 0 Å². The van der Waals surface area contributed by atoms with Crippen molar-refractivity contribution >= 4 is 28.9 Å². The summed E-state index contributed by atoms with van der Waals surface area (Å²) in [7, 11) is 1.54. The molecule has 2 aliphatic rings. The minimum absolute atomic E-state index is 0.0832. The molecule has 0 radical (unpaired) electrons. The highest BCUT2D eigenvalue weighted by Crippen LogP contribution is 2.34. The van der Waals surface area contributed by atoms with Gasteiger partial charge in [-0.3, -0.25) is 15.5 Å². The second-order valence-corrected chi connectivity index (χ2v) is 10.4. The van der Waals surface area contributed by atoms with Gasteiger partial charge in [-0.05, 0) is 55.5 Å². The molecule has 3 aromatic rings. The minimum atomic E-state index is -0.0832. The number of hydrazine groups is 1. The SMILES string of the molecule is COc1cc(NN)c(N)cc1C(=O)N1CCC(N2Cc3cnc(Nc4cc(C)cc(C)c4)nc3C2)[C@H](C)C1. The van der Waals surface area contributed by atoms with Crippen molar-refractivity contribution in [3.8, 4) is 5.75 Å². The Morgan fingerprint density at radius 2 is 1.89 bits per heavy atom. The summed E-state index contributed by atoms with van der Waals surface area (Å²) in [6.45, 7) is 9.29. The van der Waals surface area contributed by atoms with E-state index in [1.165, 1.54) is 18.2 Å². The largest absolute Gasteiger partial charge is 0.496 e. The fourth-order valence-electron chi connectivity index (χ4n) is 5.74. The summed E-state index contributed by atoms with van der Waals surface area (Å²) in [6, 6.07) is 9.98. The standard InChI is InChI=1S/C28H36N8O2/c1-16-7-17(2)9-20(8-16)32-28-31-12-19-14-36(15-24(19)33-28)25-5-6-35(13-18(25)3)27(37)21-10-22(29)23(34-30)11-26(21)38-4/h7-12,18,25,34H,5-6,13-15,29-30H2,1-4H3,(H,31,32,33)/t18-,25?/m1/s1. The molecule has 200 valence electrons. The number of methoxy groups -OCH3 is 1. The number of piperidine rings is 1. The fourth-order valence-corrected chi connectivity index (χ4v) is 5.74. The molecule has 1 amide bonds. The molecule has 10 nitrogen and oxygen atoms in total. The van der Waals surface area contributed by atoms with Crippen molar-refractivity contribution in [2.75, 3.05) is 36.7 Å². The summed E-state index contributed by atoms with van der Waals surface area (Å²) in [5.74, 6) is 6.80. The van der Waals surface area contributed by atoms with Crippen LogP contribution in [-0.4, -0.2) is 51.9 Å². The lowest BCUT2D eigenvalue weighted by Crippen LogP contribution is -2.50. The molecule has 2 aliphatic heterocycles. The summed E-state index contributed by atoms with van der Waals surface area (Å²) in [5, 5.41) is 3.36. The molecule has 1 unspecified atom stereocenters. The number of carbonyl (C=O) groups excluding carboxylic acids is 1. The van der Waals surface area contributed by atoms with Gasteiger partial charge in [0.15, 0.2) is 0 Å². The van der Waals surface area contributed by atoms with Crippen LogP contribution in [-0.2, 0) is 13.1 Å². The second kappa shape index (κ2) is 10.5. The van der Waals surface area contributed by atoms with E-state index >= 15 is 0 Å². The van der Waals surface area contributed by atoms with Crippen LogP contribution >= 0.6 is 0 Å². The predicted octanol–water partition coefficient (Wildman–Crippen LogP) is 3.58. The Kier molecular flexibility index (Phi) is 7.09. The zero-order chi connectivity index (χ0) is 27.0. The number of hydrogen-bond donors (Lipinski definition) is 4. The van der Waals surface area contributed by atoms with E-state index in [0.717, 1.165) is 36.5 Å². The number of hydrogen-bond acceptors (Lipinski definition) is 9. The number of ether oxygens (including phenoxy) is 1. The number of aryl methyl sites for hydroxylation is 2. The van der Waals surface area contributed by atoms with Gasteiger partial charge in [-0.1, -0.05) is 13.0 Å². The number of benzene rings is 2. The first-order valence-corrected chi connectivity index (χ1v) is 12.9. The molecule has 1 fully saturated rings. The lowest BCUT2D eigenvalue weighted by atomic mass is 9.92. The Hall–Kier alpha value is -3.89. The van der Waals surface area contributed by atoms with Crippen molar-refractivity contribution in [3.05, 3.63) is 64.5 Å². The molecule has 0 spiro atoms. The summed E-state index contributed by atoms with van der Waals surface area (Å²) in [6.07, 6.45) is 2.81. The number of rotatable bonds is 6. The Labute approximate surface area is 223 Å². The Balaban J connectivity index is 1.24. The second-order valence-electron chi connectivity index (χ2n) is 10.4. The number of nitrogens with one attached hydrogen (secondary N) is 2. The molecular formula is C28H36N8O2. The van der Waals surface area contributed by atoms with Gasteiger partial charge in [-0.15, -0.1) is 0 Å². The highest BCUT2D eigenvalue weighted by atomic mass is 16.5. The summed E-state index contributed by atoms with van der Waals surface area (Å²) < 4.78 is 5.45. The molecule has 1 saturated heterocycles. The Bertz CT molecular complexity index is 1340. The van der Waals surface area contributed by atoms with Crippen LogP contribution in [0.4, 0.5) is 23.0 Å². The van der Waals surface area contributed by atoms with Crippen LogP contribution in [0.1, 0.15) is 46.1 Å². The normalized spacial score (nSPS) is 19.2. The molecule has 0 saturated carbocycles. The summed E-state index contributed by atoms with van der Waals surface area (Å²) in [5.41, 5.74) is 15.6. The van der Waals surface area contributed by atoms with Crippen LogP contribution in [0, 0.1) is 19.8 Å². The molecule has 0 bridgehead atoms. The molecule has 1 aromatic heterocycles. The van der Waals surface area contributed by atoms with Crippen molar-refractivity contribution in [1.82, 2.24) is 19.8 Å². The Morgan fingerprint density at radius 1 is 1.13 bits per heavy atom. The molecule has 2 atom stereocenters. The minimum Gasteiger partial charge on any atom is -0.496 e. The van der Waals surface area contributed by atoms with Crippen molar-refractivity contribution in [3.63, 3.8) is 0 Å². The fraction of sp³-hybridized carbons (Fsp3) is 0.393. The van der Waals surface area contributed by atoms with Crippen molar-refractivity contribution < 1.29 is 9.53 Å². The first kappa shape index (κ1) is 25.7. The molecule has 10 heteroatoms. The van der Waals surface area contributed by atoms with E-state index in [1.54, 1.807) is 12.1 Å². The van der Waals surface area contributed by atoms with Gasteiger partial charge in [0.1, 0.15) is 5.75 Å². The van der Waals surface area contributed by atoms with E-state index in [0.29, 0.717) is 47.8 Å². The lowest BCUT2D eigenvalue weighted by molar-refractivity contribution is 0.0442. The number of aromatic nitrogens is 2. The molecule has 2 aromatic carbocycles. The van der Waals surface area contributed by atoms with Gasteiger partial charge < -0.3 is 26.1 Å². The number of nitrogen functional groups attached to an aromatic ring is 2. The molecule has 0 aliphatic carbocycles. The van der Waals surface area contributed by atoms with Gasteiger partial charge in [0.05, 0.1) is 29.7 Å². The van der Waals surface area contributed by atoms with Crippen LogP contribution in [0.5, 0.6) is 5.75 Å². The van der Waals surface area contributed by atoms with E-state index in [1.807, 2.05) is 11.1 Å². The maximum atomic E-state index is 13.4. The van der Waals surface area contributed by atoms with Gasteiger partial charge in [-0.25, -0.2) is 9.97 Å². The van der Waals surface area contributed by atoms with E-state index < -0.39 is 0 Å². The molecule has 3 heterocycles. The van der Waals surface area contributed by atoms with Gasteiger partial charge in [0.2, 0.25) is 5.95 Å². The first-order chi connectivity index (χ1) is 18.2. The number of amides is 1. The van der Waals surface area contributed by atoms with Crippen molar-refractivity contribution in [2.24, 2.45) is 11.8 Å². The van der Waals surface area contributed by atoms with Crippen LogP contribution in [0.3, 0.4) is 0 Å². The number of anilines is 4. The zero-order valence-corrected chi connectivity index (χ0v) is 22.4. The van der Waals surface area contributed by atoms with Crippen LogP contribution in [0.2, 0.25) is 0 Å². The maximum absolute atomic E-state index is 13.4. The summed E-state index contributed by atoms with van der Waals surface area (Å²) >= 11 is 0. The molecule has 6 N–H and O–H groups in total. The predicted molar refractivity (Wildman–Crippen MR) is 149 cm³/mol. The topological polar surface area (TPSA) is 135 Å². The first-order valence-electron chi connectivity index (χ1n) is 12.9. The highest BCUT2D eigenvalue weighted by molar-refractivity contribution is 5.99. The van der Waals surface area contributed by atoms with E-state index in [2.05, 4.69) is 59.6 Å². The van der Waals surface area contributed by atoms with Crippen LogP contribution < -0.4 is 27.1 Å². The molecule has 5 rings (SSSR count). The Morgan fingerprint density at radius 3 is 2.58 bits per heavy atom. The average Bonchev–Trinajstić information content (AvgIpc) is 3.30. The number of nitrogens with zero attached hydrogens (tertiary/aromatic N) is 4. The van der Waals surface area contributed by atoms with Gasteiger partial charge in [-0.2, -0.15) is 0 Å². The van der Waals surface area contributed by atoms with Gasteiger partial charge >= 0.3 is 0 Å². The van der Waals surface area contributed by atoms with Crippen molar-refractivity contribution in [1.29, 1.82) is 0 Å². The lowest BCUT2D eigenvalue weighted by Gasteiger charge is -2.41. The zero-order valence-electron chi connectivity index (χ0n) is 22.4. The van der Waals surface area contributed by atoms with Crippen molar-refractivity contribution in [2.45, 2.75) is 46.3 Å². The average molecular weight is 517 g/mol. The van der Waals surface area contributed by atoms with E-state index in [9.17, 15) is 4.79 Å². The number of nitrogens with two attached hydrogens (primary N) is 2. The smallest absolute Gasteiger partial charge is 0.257 e. The third kappa shape index (κ3) is 5.09. The van der Waals surface area contributed by atoms with E-state index in [4.69, 9.17) is 21.3 Å². The number of fused-ring (bicyclic) bond motifs is 1. The maximum Gasteiger partial charge on any atom is 0.257 e. The monoisotopic (exact) mass is 516 g/mol. The van der Waals surface area contributed by atoms with Gasteiger partial charge in [0.25, 0.3) is 5.91 Å². The highest BCUT2D eigenvalue weighted by Gasteiger charge is 2.36. The number of carbonyl (C=O) groups is 1. The summed E-state index contributed by atoms with van der Waals surface area (Å²) in [4.78, 5) is 27.2.